The predicted molar refractivity (Wildman–Crippen MR) is 257 cm³/mol. The van der Waals surface area contributed by atoms with Crippen LogP contribution in [0.4, 0.5) is 34.1 Å². The zero-order valence-corrected chi connectivity index (χ0v) is 33.7. The minimum absolute atomic E-state index is 0.651. The lowest BCUT2D eigenvalue weighted by molar-refractivity contribution is 0.669. The van der Waals surface area contributed by atoms with Crippen molar-refractivity contribution in [3.63, 3.8) is 0 Å². The standard InChI is InChI=1S/C59H38N2O/c1-4-20-40(21-5-1)60(41-22-6-2-7-23-41)53-37-39-19-10-11-26-44(39)56-46-28-12-15-30-49(46)59(58(53)56)50-31-16-13-29-47(50)57-51(59)32-18-33-52(57)61(42-24-8-3-9-25-42)43-35-36-55-48(38-43)45-27-14-17-34-54(45)62-55/h1-38H. The molecule has 13 rings (SSSR count). The molecular weight excluding hydrogens is 753 g/mol. The Bertz CT molecular complexity index is 3500. The van der Waals surface area contributed by atoms with Crippen LogP contribution in [0.5, 0.6) is 0 Å². The van der Waals surface area contributed by atoms with E-state index in [1.165, 1.54) is 55.3 Å². The molecule has 290 valence electrons. The Balaban J connectivity index is 1.16. The fourth-order valence-corrected chi connectivity index (χ4v) is 10.8. The van der Waals surface area contributed by atoms with Gasteiger partial charge in [0, 0.05) is 44.6 Å². The van der Waals surface area contributed by atoms with Crippen molar-refractivity contribution < 1.29 is 4.42 Å². The van der Waals surface area contributed by atoms with E-state index in [4.69, 9.17) is 4.42 Å². The zero-order valence-electron chi connectivity index (χ0n) is 33.7. The molecule has 0 aliphatic heterocycles. The Kier molecular flexibility index (Phi) is 7.52. The number of para-hydroxylation sites is 4. The van der Waals surface area contributed by atoms with Crippen molar-refractivity contribution in [2.24, 2.45) is 0 Å². The quantitative estimate of drug-likeness (QED) is 0.167. The number of anilines is 6. The molecule has 0 fully saturated rings. The van der Waals surface area contributed by atoms with Crippen molar-refractivity contribution in [3.05, 3.63) is 253 Å². The van der Waals surface area contributed by atoms with Gasteiger partial charge in [0.15, 0.2) is 0 Å². The monoisotopic (exact) mass is 790 g/mol. The summed E-state index contributed by atoms with van der Waals surface area (Å²) in [5.74, 6) is 0. The third-order valence-corrected chi connectivity index (χ3v) is 13.2. The van der Waals surface area contributed by atoms with E-state index in [0.717, 1.165) is 56.1 Å². The van der Waals surface area contributed by atoms with Crippen molar-refractivity contribution in [1.29, 1.82) is 0 Å². The van der Waals surface area contributed by atoms with Crippen molar-refractivity contribution in [2.75, 3.05) is 9.80 Å². The number of rotatable bonds is 6. The van der Waals surface area contributed by atoms with Crippen LogP contribution in [-0.4, -0.2) is 0 Å². The van der Waals surface area contributed by atoms with Crippen LogP contribution < -0.4 is 9.80 Å². The maximum atomic E-state index is 6.35. The van der Waals surface area contributed by atoms with E-state index >= 15 is 0 Å². The Hall–Kier alpha value is -8.14. The third-order valence-electron chi connectivity index (χ3n) is 13.2. The van der Waals surface area contributed by atoms with Gasteiger partial charge in [-0.05, 0) is 117 Å². The number of hydrogen-bond donors (Lipinski definition) is 0. The zero-order chi connectivity index (χ0) is 40.8. The molecule has 0 radical (unpaired) electrons. The second kappa shape index (κ2) is 13.4. The lowest BCUT2D eigenvalue weighted by Gasteiger charge is -2.36. The summed E-state index contributed by atoms with van der Waals surface area (Å²) in [5, 5.41) is 4.67. The van der Waals surface area contributed by atoms with Crippen LogP contribution in [0.25, 0.3) is 55.0 Å². The molecule has 3 heteroatoms. The molecule has 0 saturated carbocycles. The molecule has 2 aliphatic carbocycles. The normalized spacial score (nSPS) is 14.5. The van der Waals surface area contributed by atoms with Gasteiger partial charge in [0.1, 0.15) is 11.2 Å². The van der Waals surface area contributed by atoms with E-state index in [1.54, 1.807) is 0 Å². The first-order chi connectivity index (χ1) is 30.8. The van der Waals surface area contributed by atoms with Crippen molar-refractivity contribution in [1.82, 2.24) is 0 Å². The fraction of sp³-hybridized carbons (Fsp3) is 0.0169. The summed E-state index contributed by atoms with van der Waals surface area (Å²) in [4.78, 5) is 4.92. The van der Waals surface area contributed by atoms with Gasteiger partial charge in [-0.1, -0.05) is 158 Å². The summed E-state index contributed by atoms with van der Waals surface area (Å²) in [6.07, 6.45) is 0. The van der Waals surface area contributed by atoms with E-state index in [0.29, 0.717) is 0 Å². The van der Waals surface area contributed by atoms with Crippen LogP contribution >= 0.6 is 0 Å². The first-order valence-electron chi connectivity index (χ1n) is 21.4. The lowest BCUT2D eigenvalue weighted by atomic mass is 9.69. The second-order valence-corrected chi connectivity index (χ2v) is 16.4. The van der Waals surface area contributed by atoms with E-state index in [9.17, 15) is 0 Å². The Labute approximate surface area is 360 Å². The molecule has 0 bridgehead atoms. The Morgan fingerprint density at radius 2 is 0.839 bits per heavy atom. The minimum atomic E-state index is -0.651. The fourth-order valence-electron chi connectivity index (χ4n) is 10.8. The smallest absolute Gasteiger partial charge is 0.135 e. The van der Waals surface area contributed by atoms with Crippen molar-refractivity contribution in [2.45, 2.75) is 5.41 Å². The highest BCUT2D eigenvalue weighted by Crippen LogP contribution is 2.68. The van der Waals surface area contributed by atoms with Gasteiger partial charge in [0.2, 0.25) is 0 Å². The van der Waals surface area contributed by atoms with E-state index < -0.39 is 5.41 Å². The molecule has 0 saturated heterocycles. The van der Waals surface area contributed by atoms with Crippen LogP contribution in [0.1, 0.15) is 22.3 Å². The Morgan fingerprint density at radius 1 is 0.323 bits per heavy atom. The molecule has 1 heterocycles. The maximum Gasteiger partial charge on any atom is 0.135 e. The number of nitrogens with zero attached hydrogens (tertiary/aromatic N) is 2. The molecule has 62 heavy (non-hydrogen) atoms. The van der Waals surface area contributed by atoms with Crippen LogP contribution in [0, 0.1) is 0 Å². The number of furan rings is 1. The van der Waals surface area contributed by atoms with Gasteiger partial charge < -0.3 is 14.2 Å². The topological polar surface area (TPSA) is 19.6 Å². The molecule has 1 spiro atoms. The highest BCUT2D eigenvalue weighted by atomic mass is 16.3. The molecule has 0 amide bonds. The first-order valence-corrected chi connectivity index (χ1v) is 21.4. The van der Waals surface area contributed by atoms with Crippen LogP contribution in [0.15, 0.2) is 235 Å². The average Bonchev–Trinajstić information content (AvgIpc) is 3.97. The molecule has 1 aromatic heterocycles. The maximum absolute atomic E-state index is 6.35. The predicted octanol–water partition coefficient (Wildman–Crippen LogP) is 16.0. The summed E-state index contributed by atoms with van der Waals surface area (Å²) in [7, 11) is 0. The van der Waals surface area contributed by atoms with Gasteiger partial charge in [-0.3, -0.25) is 0 Å². The van der Waals surface area contributed by atoms with Crippen LogP contribution in [-0.2, 0) is 5.41 Å². The van der Waals surface area contributed by atoms with Gasteiger partial charge in [-0.25, -0.2) is 0 Å². The molecular formula is C59H38N2O. The summed E-state index contributed by atoms with van der Waals surface area (Å²) < 4.78 is 6.35. The largest absolute Gasteiger partial charge is 0.456 e. The van der Waals surface area contributed by atoms with Gasteiger partial charge in [0.25, 0.3) is 0 Å². The number of benzene rings is 10. The molecule has 3 nitrogen and oxygen atoms in total. The average molecular weight is 791 g/mol. The molecule has 11 aromatic rings. The number of hydrogen-bond acceptors (Lipinski definition) is 3. The molecule has 10 aromatic carbocycles. The van der Waals surface area contributed by atoms with Gasteiger partial charge in [-0.15, -0.1) is 0 Å². The summed E-state index contributed by atoms with van der Waals surface area (Å²) in [6.45, 7) is 0. The molecule has 1 atom stereocenters. The van der Waals surface area contributed by atoms with Crippen molar-refractivity contribution in [3.8, 4) is 22.3 Å². The van der Waals surface area contributed by atoms with Gasteiger partial charge in [0.05, 0.1) is 16.8 Å². The Morgan fingerprint density at radius 3 is 1.52 bits per heavy atom. The summed E-state index contributed by atoms with van der Waals surface area (Å²) in [6, 6.07) is 84.2. The highest BCUT2D eigenvalue weighted by Gasteiger charge is 2.54. The summed E-state index contributed by atoms with van der Waals surface area (Å²) in [5.41, 5.74) is 18.0. The van der Waals surface area contributed by atoms with Crippen molar-refractivity contribution >= 4 is 66.8 Å². The second-order valence-electron chi connectivity index (χ2n) is 16.4. The van der Waals surface area contributed by atoms with E-state index in [2.05, 4.69) is 234 Å². The molecule has 1 unspecified atom stereocenters. The lowest BCUT2D eigenvalue weighted by Crippen LogP contribution is -2.28. The van der Waals surface area contributed by atoms with E-state index in [-0.39, 0.29) is 0 Å². The first kappa shape index (κ1) is 34.7. The molecule has 0 N–H and O–H groups in total. The van der Waals surface area contributed by atoms with E-state index in [1.807, 2.05) is 6.07 Å². The molecule has 2 aliphatic rings. The minimum Gasteiger partial charge on any atom is -0.456 e. The summed E-state index contributed by atoms with van der Waals surface area (Å²) >= 11 is 0. The van der Waals surface area contributed by atoms with Crippen LogP contribution in [0.2, 0.25) is 0 Å². The highest BCUT2D eigenvalue weighted by molar-refractivity contribution is 6.12. The van der Waals surface area contributed by atoms with Gasteiger partial charge >= 0.3 is 0 Å². The number of fused-ring (bicyclic) bond motifs is 15. The van der Waals surface area contributed by atoms with Crippen LogP contribution in [0.3, 0.4) is 0 Å². The SMILES string of the molecule is c1ccc(N(c2ccc3oc4ccccc4c3c2)c2cccc3c2-c2ccccc2C32c3ccccc3-c3c2c(N(c2ccccc2)c2ccccc2)cc2ccccc32)cc1. The third kappa shape index (κ3) is 4.82. The van der Waals surface area contributed by atoms with Gasteiger partial charge in [-0.2, -0.15) is 0 Å².